The van der Waals surface area contributed by atoms with Crippen molar-refractivity contribution >= 4 is 11.6 Å². The molecular weight excluding hydrogens is 546 g/mol. The van der Waals surface area contributed by atoms with E-state index >= 15 is 0 Å². The lowest BCUT2D eigenvalue weighted by Crippen LogP contribution is -2.53. The van der Waals surface area contributed by atoms with Gasteiger partial charge in [0.1, 0.15) is 42.1 Å². The number of hydrogen-bond donors (Lipinski definition) is 3. The highest BCUT2D eigenvalue weighted by atomic mass is 35.5. The van der Waals surface area contributed by atoms with Crippen LogP contribution in [0, 0.1) is 12.7 Å². The van der Waals surface area contributed by atoms with Gasteiger partial charge in [0.2, 0.25) is 0 Å². The highest BCUT2D eigenvalue weighted by Gasteiger charge is 2.48. The van der Waals surface area contributed by atoms with Crippen molar-refractivity contribution in [2.45, 2.75) is 43.6 Å². The molecule has 14 heteroatoms. The third-order valence-corrected chi connectivity index (χ3v) is 6.65. The molecular formula is C25H22ClF4N5O4. The summed E-state index contributed by atoms with van der Waals surface area (Å²) >= 11 is 6.01. The van der Waals surface area contributed by atoms with E-state index in [1.54, 1.807) is 12.1 Å². The number of alkyl halides is 3. The van der Waals surface area contributed by atoms with Crippen LogP contribution in [0.25, 0.3) is 16.9 Å². The Bertz CT molecular complexity index is 1490. The molecule has 2 aromatic heterocycles. The number of ether oxygens (including phenoxy) is 1. The van der Waals surface area contributed by atoms with E-state index in [2.05, 4.69) is 15.2 Å². The van der Waals surface area contributed by atoms with E-state index < -0.39 is 60.3 Å². The monoisotopic (exact) mass is 567 g/mol. The highest BCUT2D eigenvalue weighted by molar-refractivity contribution is 6.30. The second kappa shape index (κ2) is 10.3. The lowest BCUT2D eigenvalue weighted by atomic mass is 9.92. The molecule has 3 heterocycles. The number of hydrogen-bond acceptors (Lipinski definition) is 7. The van der Waals surface area contributed by atoms with Gasteiger partial charge in [-0.2, -0.15) is 23.4 Å². The van der Waals surface area contributed by atoms with Crippen LogP contribution < -0.4 is 0 Å². The summed E-state index contributed by atoms with van der Waals surface area (Å²) in [7, 11) is 0. The predicted octanol–water partition coefficient (Wildman–Crippen LogP) is 3.65. The lowest BCUT2D eigenvalue weighted by molar-refractivity contribution is -0.210. The number of halogens is 5. The zero-order valence-electron chi connectivity index (χ0n) is 20.2. The molecule has 5 atom stereocenters. The van der Waals surface area contributed by atoms with Gasteiger partial charge in [0, 0.05) is 16.8 Å². The SMILES string of the molecule is Cc1nc([C@@H]2OC(CO)[C@H](O)[C@H](n3ccc(-c4cccc(F)c4)n3)C2O)n(-c2cc(Cl)ccc2C(F)(F)F)n1. The molecule has 1 saturated heterocycles. The minimum atomic E-state index is -4.77. The van der Waals surface area contributed by atoms with E-state index in [1.165, 1.54) is 36.0 Å². The van der Waals surface area contributed by atoms with Gasteiger partial charge in [-0.05, 0) is 43.3 Å². The molecule has 1 fully saturated rings. The van der Waals surface area contributed by atoms with Crippen molar-refractivity contribution in [1.82, 2.24) is 24.5 Å². The van der Waals surface area contributed by atoms with Gasteiger partial charge >= 0.3 is 6.18 Å². The molecule has 2 unspecified atom stereocenters. The Balaban J connectivity index is 1.58. The molecule has 3 N–H and O–H groups in total. The van der Waals surface area contributed by atoms with Gasteiger partial charge in [-0.15, -0.1) is 0 Å². The first-order valence-corrected chi connectivity index (χ1v) is 12.1. The smallest absolute Gasteiger partial charge is 0.394 e. The van der Waals surface area contributed by atoms with Crippen LogP contribution in [0.15, 0.2) is 54.7 Å². The second-order valence-corrected chi connectivity index (χ2v) is 9.47. The fourth-order valence-corrected chi connectivity index (χ4v) is 4.81. The highest BCUT2D eigenvalue weighted by Crippen LogP contribution is 2.41. The van der Waals surface area contributed by atoms with Crippen LogP contribution >= 0.6 is 11.6 Å². The maximum absolute atomic E-state index is 13.9. The quantitative estimate of drug-likeness (QED) is 0.315. The normalized spacial score (nSPS) is 23.8. The van der Waals surface area contributed by atoms with Crippen LogP contribution in [0.2, 0.25) is 5.02 Å². The van der Waals surface area contributed by atoms with E-state index in [-0.39, 0.29) is 16.7 Å². The Morgan fingerprint density at radius 3 is 2.51 bits per heavy atom. The van der Waals surface area contributed by atoms with Gasteiger partial charge < -0.3 is 20.1 Å². The number of aliphatic hydroxyl groups excluding tert-OH is 3. The summed E-state index contributed by atoms with van der Waals surface area (Å²) in [5, 5.41) is 40.7. The van der Waals surface area contributed by atoms with Crippen molar-refractivity contribution in [1.29, 1.82) is 0 Å². The largest absolute Gasteiger partial charge is 0.418 e. The molecule has 0 aliphatic carbocycles. The number of rotatable bonds is 5. The molecule has 0 spiro atoms. The van der Waals surface area contributed by atoms with Gasteiger partial charge in [-0.25, -0.2) is 14.1 Å². The summed E-state index contributed by atoms with van der Waals surface area (Å²) in [5.41, 5.74) is -0.719. The fraction of sp³-hybridized carbons (Fsp3) is 0.320. The van der Waals surface area contributed by atoms with Gasteiger partial charge in [-0.1, -0.05) is 23.7 Å². The van der Waals surface area contributed by atoms with Crippen LogP contribution in [-0.2, 0) is 10.9 Å². The minimum Gasteiger partial charge on any atom is -0.394 e. The minimum absolute atomic E-state index is 0.00478. The van der Waals surface area contributed by atoms with Crippen molar-refractivity contribution < 1.29 is 37.6 Å². The molecule has 1 aliphatic rings. The molecule has 1 aliphatic heterocycles. The van der Waals surface area contributed by atoms with E-state index in [4.69, 9.17) is 16.3 Å². The molecule has 39 heavy (non-hydrogen) atoms. The van der Waals surface area contributed by atoms with Crippen LogP contribution in [0.1, 0.15) is 29.4 Å². The summed E-state index contributed by atoms with van der Waals surface area (Å²) in [4.78, 5) is 4.22. The van der Waals surface area contributed by atoms with Crippen LogP contribution in [-0.4, -0.2) is 64.8 Å². The number of benzene rings is 2. The Hall–Kier alpha value is -3.36. The van der Waals surface area contributed by atoms with Gasteiger partial charge in [0.15, 0.2) is 5.82 Å². The third-order valence-electron chi connectivity index (χ3n) is 6.41. The summed E-state index contributed by atoms with van der Waals surface area (Å²) < 4.78 is 63.2. The van der Waals surface area contributed by atoms with Crippen LogP contribution in [0.5, 0.6) is 0 Å². The molecule has 0 saturated carbocycles. The number of nitrogens with zero attached hydrogens (tertiary/aromatic N) is 5. The third kappa shape index (κ3) is 5.15. The number of aromatic nitrogens is 5. The van der Waals surface area contributed by atoms with Crippen molar-refractivity contribution in [3.05, 3.63) is 82.8 Å². The van der Waals surface area contributed by atoms with Gasteiger partial charge in [0.05, 0.1) is 23.6 Å². The topological polar surface area (TPSA) is 118 Å². The molecule has 0 radical (unpaired) electrons. The van der Waals surface area contributed by atoms with E-state index in [9.17, 15) is 32.9 Å². The fourth-order valence-electron chi connectivity index (χ4n) is 4.65. The Morgan fingerprint density at radius 2 is 1.82 bits per heavy atom. The van der Waals surface area contributed by atoms with Crippen molar-refractivity contribution in [3.8, 4) is 16.9 Å². The molecule has 0 bridgehead atoms. The first-order chi connectivity index (χ1) is 18.5. The van der Waals surface area contributed by atoms with E-state index in [0.717, 1.165) is 22.9 Å². The maximum atomic E-state index is 13.9. The predicted molar refractivity (Wildman–Crippen MR) is 129 cm³/mol. The standard InChI is InChI=1S/C25H22ClF4N5O4/c1-12-31-24(35(32-12)18-10-14(26)5-6-16(18)25(28,29)30)23-22(38)20(21(37)19(11-36)39-23)34-8-7-17(33-34)13-3-2-4-15(27)9-13/h2-10,19-23,36-38H,11H2,1H3/t19?,20-,21-,22?,23+/m0/s1. The maximum Gasteiger partial charge on any atom is 0.418 e. The van der Waals surface area contributed by atoms with E-state index in [0.29, 0.717) is 11.3 Å². The van der Waals surface area contributed by atoms with Crippen molar-refractivity contribution in [2.24, 2.45) is 0 Å². The molecule has 2 aromatic carbocycles. The van der Waals surface area contributed by atoms with Crippen LogP contribution in [0.3, 0.4) is 0 Å². The Labute approximate surface area is 223 Å². The Morgan fingerprint density at radius 1 is 1.05 bits per heavy atom. The number of aryl methyl sites for hydroxylation is 1. The van der Waals surface area contributed by atoms with Gasteiger partial charge in [-0.3, -0.25) is 4.68 Å². The Kier molecular flexibility index (Phi) is 7.20. The average Bonchev–Trinajstić information content (AvgIpc) is 3.51. The molecule has 4 aromatic rings. The second-order valence-electron chi connectivity index (χ2n) is 9.03. The molecule has 5 rings (SSSR count). The van der Waals surface area contributed by atoms with Crippen LogP contribution in [0.4, 0.5) is 17.6 Å². The summed E-state index contributed by atoms with van der Waals surface area (Å²) in [6.45, 7) is 0.763. The van der Waals surface area contributed by atoms with E-state index in [1.807, 2.05) is 0 Å². The summed E-state index contributed by atoms with van der Waals surface area (Å²) in [5.74, 6) is -0.618. The van der Waals surface area contributed by atoms with Crippen molar-refractivity contribution in [3.63, 3.8) is 0 Å². The average molecular weight is 568 g/mol. The molecule has 206 valence electrons. The summed E-state index contributed by atoms with van der Waals surface area (Å²) in [6.07, 6.45) is -9.12. The molecule has 0 amide bonds. The molecule has 9 nitrogen and oxygen atoms in total. The van der Waals surface area contributed by atoms with Crippen molar-refractivity contribution in [2.75, 3.05) is 6.61 Å². The lowest BCUT2D eigenvalue weighted by Gasteiger charge is -2.42. The zero-order valence-corrected chi connectivity index (χ0v) is 20.9. The zero-order chi connectivity index (χ0) is 28.1. The van der Waals surface area contributed by atoms with Gasteiger partial charge in [0.25, 0.3) is 0 Å². The number of aliphatic hydroxyl groups is 3. The first kappa shape index (κ1) is 27.2. The first-order valence-electron chi connectivity index (χ1n) is 11.7. The summed E-state index contributed by atoms with van der Waals surface area (Å²) in [6, 6.07) is 8.92.